The number of fused-ring (bicyclic) bond motifs is 7. The number of aromatic amines is 1. The van der Waals surface area contributed by atoms with Gasteiger partial charge in [-0.3, -0.25) is 5.10 Å². The molecule has 4 atom stereocenters. The van der Waals surface area contributed by atoms with E-state index in [2.05, 4.69) is 47.5 Å². The Morgan fingerprint density at radius 1 is 1.22 bits per heavy atom. The molecule has 0 aliphatic heterocycles. The number of carboxylic acid groups (broad SMARTS) is 1. The topological polar surface area (TPSA) is 75.2 Å². The Morgan fingerprint density at radius 2 is 2.06 bits per heavy atom. The van der Waals surface area contributed by atoms with Crippen molar-refractivity contribution in [3.05, 3.63) is 82.2 Å². The molecule has 1 fully saturated rings. The van der Waals surface area contributed by atoms with Crippen LogP contribution in [0.25, 0.3) is 0 Å². The van der Waals surface area contributed by atoms with Crippen LogP contribution in [-0.4, -0.2) is 21.3 Å². The summed E-state index contributed by atoms with van der Waals surface area (Å²) in [6.45, 7) is 2.91. The van der Waals surface area contributed by atoms with E-state index in [4.69, 9.17) is 4.74 Å². The number of ether oxygens (including phenoxy) is 1. The van der Waals surface area contributed by atoms with Crippen LogP contribution < -0.4 is 4.74 Å². The van der Waals surface area contributed by atoms with E-state index < -0.39 is 5.97 Å². The van der Waals surface area contributed by atoms with Gasteiger partial charge in [0.25, 0.3) is 0 Å². The van der Waals surface area contributed by atoms with Crippen molar-refractivity contribution in [1.82, 2.24) is 10.2 Å². The maximum atomic E-state index is 11.7. The number of rotatable bonds is 4. The molecule has 4 unspecified atom stereocenters. The van der Waals surface area contributed by atoms with E-state index >= 15 is 0 Å². The lowest BCUT2D eigenvalue weighted by Gasteiger charge is -2.49. The van der Waals surface area contributed by atoms with E-state index in [0.717, 1.165) is 49.1 Å². The van der Waals surface area contributed by atoms with Crippen LogP contribution in [0.2, 0.25) is 0 Å². The molecule has 0 spiro atoms. The van der Waals surface area contributed by atoms with Gasteiger partial charge in [0, 0.05) is 16.7 Å². The standard InChI is InChI=1S/C27H28N2O3/c1-27-12-11-20-19-10-8-18(32-15-16-5-3-2-4-6-16)13-17(19)7-9-21(20)23(27)14-22-24(26(30)31)28-29-25(22)27/h2-6,8,10,13,20-21,23H,7,9,11-12,14-15H2,1H3,(H,28,29)(H,30,31). The van der Waals surface area contributed by atoms with Crippen LogP contribution in [0.1, 0.15) is 70.5 Å². The normalized spacial score (nSPS) is 27.7. The average Bonchev–Trinajstić information content (AvgIpc) is 3.36. The Labute approximate surface area is 187 Å². The summed E-state index contributed by atoms with van der Waals surface area (Å²) >= 11 is 0. The van der Waals surface area contributed by atoms with Crippen LogP contribution in [-0.2, 0) is 24.9 Å². The van der Waals surface area contributed by atoms with Crippen molar-refractivity contribution < 1.29 is 14.6 Å². The molecule has 3 aliphatic rings. The number of carbonyl (C=O) groups is 1. The fraction of sp³-hybridized carbons (Fsp3) is 0.407. The van der Waals surface area contributed by atoms with Crippen LogP contribution >= 0.6 is 0 Å². The third-order valence-corrected chi connectivity index (χ3v) is 8.40. The number of carboxylic acids is 1. The molecule has 2 N–H and O–H groups in total. The smallest absolute Gasteiger partial charge is 0.356 e. The second kappa shape index (κ2) is 7.22. The fourth-order valence-electron chi connectivity index (χ4n) is 6.83. The lowest BCUT2D eigenvalue weighted by Crippen LogP contribution is -2.43. The molecule has 3 aromatic rings. The molecular weight excluding hydrogens is 400 g/mol. The Balaban J connectivity index is 1.24. The van der Waals surface area contributed by atoms with Gasteiger partial charge in [0.05, 0.1) is 0 Å². The van der Waals surface area contributed by atoms with E-state index in [-0.39, 0.29) is 11.1 Å². The lowest BCUT2D eigenvalue weighted by molar-refractivity contribution is 0.0687. The van der Waals surface area contributed by atoms with Crippen LogP contribution in [0, 0.1) is 11.8 Å². The van der Waals surface area contributed by atoms with E-state index in [1.54, 1.807) is 0 Å². The molecular formula is C27H28N2O3. The monoisotopic (exact) mass is 428 g/mol. The molecule has 0 bridgehead atoms. The SMILES string of the molecule is CC12CCC3c4ccc(OCc5ccccc5)cc4CCC3C1Cc1c(C(=O)O)n[nH]c12. The number of aryl methyl sites for hydroxylation is 1. The Hall–Kier alpha value is -3.08. The summed E-state index contributed by atoms with van der Waals surface area (Å²) in [7, 11) is 0. The molecule has 0 saturated heterocycles. The zero-order chi connectivity index (χ0) is 21.9. The number of aromatic carboxylic acids is 1. The van der Waals surface area contributed by atoms with Gasteiger partial charge in [-0.1, -0.05) is 43.3 Å². The van der Waals surface area contributed by atoms with Crippen molar-refractivity contribution in [1.29, 1.82) is 0 Å². The zero-order valence-electron chi connectivity index (χ0n) is 18.3. The third-order valence-electron chi connectivity index (χ3n) is 8.40. The molecule has 0 amide bonds. The zero-order valence-corrected chi connectivity index (χ0v) is 18.3. The predicted octanol–water partition coefficient (Wildman–Crippen LogP) is 5.26. The minimum atomic E-state index is -0.918. The van der Waals surface area contributed by atoms with Gasteiger partial charge in [0.1, 0.15) is 12.4 Å². The number of nitrogens with zero attached hydrogens (tertiary/aromatic N) is 1. The molecule has 1 saturated carbocycles. The van der Waals surface area contributed by atoms with Gasteiger partial charge in [-0.25, -0.2) is 4.79 Å². The number of nitrogens with one attached hydrogen (secondary N) is 1. The Kier molecular flexibility index (Phi) is 4.42. The molecule has 1 heterocycles. The molecule has 164 valence electrons. The van der Waals surface area contributed by atoms with Crippen LogP contribution in [0.3, 0.4) is 0 Å². The van der Waals surface area contributed by atoms with Crippen molar-refractivity contribution in [3.63, 3.8) is 0 Å². The first kappa shape index (κ1) is 19.6. The minimum Gasteiger partial charge on any atom is -0.489 e. The van der Waals surface area contributed by atoms with E-state index in [1.807, 2.05) is 18.2 Å². The average molecular weight is 429 g/mol. The highest BCUT2D eigenvalue weighted by Gasteiger charge is 2.54. The fourth-order valence-corrected chi connectivity index (χ4v) is 6.83. The highest BCUT2D eigenvalue weighted by atomic mass is 16.5. The molecule has 1 aromatic heterocycles. The number of hydrogen-bond acceptors (Lipinski definition) is 3. The van der Waals surface area contributed by atoms with Gasteiger partial charge in [-0.05, 0) is 78.7 Å². The number of hydrogen-bond donors (Lipinski definition) is 2. The number of benzene rings is 2. The van der Waals surface area contributed by atoms with Gasteiger partial charge >= 0.3 is 5.97 Å². The van der Waals surface area contributed by atoms with Gasteiger partial charge in [-0.15, -0.1) is 0 Å². The third kappa shape index (κ3) is 2.90. The van der Waals surface area contributed by atoms with Crippen molar-refractivity contribution in [3.8, 4) is 5.75 Å². The predicted molar refractivity (Wildman–Crippen MR) is 121 cm³/mol. The van der Waals surface area contributed by atoms with Gasteiger partial charge in [0.2, 0.25) is 0 Å². The quantitative estimate of drug-likeness (QED) is 0.595. The second-order valence-electron chi connectivity index (χ2n) is 9.94. The number of aromatic nitrogens is 2. The van der Waals surface area contributed by atoms with Crippen LogP contribution in [0.5, 0.6) is 5.75 Å². The molecule has 0 radical (unpaired) electrons. The summed E-state index contributed by atoms with van der Waals surface area (Å²) < 4.78 is 6.08. The summed E-state index contributed by atoms with van der Waals surface area (Å²) in [5.41, 5.74) is 6.33. The molecule has 5 nitrogen and oxygen atoms in total. The van der Waals surface area contributed by atoms with Crippen LogP contribution in [0.15, 0.2) is 48.5 Å². The van der Waals surface area contributed by atoms with E-state index in [9.17, 15) is 9.90 Å². The minimum absolute atomic E-state index is 0.00738. The summed E-state index contributed by atoms with van der Waals surface area (Å²) in [4.78, 5) is 11.7. The lowest BCUT2D eigenvalue weighted by atomic mass is 9.55. The number of H-pyrrole nitrogens is 1. The molecule has 3 aliphatic carbocycles. The van der Waals surface area contributed by atoms with E-state index in [0.29, 0.717) is 24.4 Å². The highest BCUT2D eigenvalue weighted by molar-refractivity contribution is 5.87. The largest absolute Gasteiger partial charge is 0.489 e. The van der Waals surface area contributed by atoms with Gasteiger partial charge in [0.15, 0.2) is 5.69 Å². The molecule has 32 heavy (non-hydrogen) atoms. The first-order valence-corrected chi connectivity index (χ1v) is 11.6. The molecule has 2 aromatic carbocycles. The van der Waals surface area contributed by atoms with Crippen molar-refractivity contribution >= 4 is 5.97 Å². The van der Waals surface area contributed by atoms with Crippen LogP contribution in [0.4, 0.5) is 0 Å². The maximum Gasteiger partial charge on any atom is 0.356 e. The molecule has 5 heteroatoms. The summed E-state index contributed by atoms with van der Waals surface area (Å²) in [6.07, 6.45) is 5.25. The van der Waals surface area contributed by atoms with Crippen molar-refractivity contribution in [2.24, 2.45) is 11.8 Å². The Bertz CT molecular complexity index is 1180. The maximum absolute atomic E-state index is 11.7. The molecule has 6 rings (SSSR count). The second-order valence-corrected chi connectivity index (χ2v) is 9.94. The first-order chi connectivity index (χ1) is 15.5. The van der Waals surface area contributed by atoms with Crippen molar-refractivity contribution in [2.75, 3.05) is 0 Å². The van der Waals surface area contributed by atoms with Crippen molar-refractivity contribution in [2.45, 2.75) is 57.0 Å². The first-order valence-electron chi connectivity index (χ1n) is 11.6. The Morgan fingerprint density at radius 3 is 2.88 bits per heavy atom. The highest BCUT2D eigenvalue weighted by Crippen LogP contribution is 2.60. The van der Waals surface area contributed by atoms with E-state index in [1.165, 1.54) is 16.7 Å². The summed E-state index contributed by atoms with van der Waals surface area (Å²) in [5.74, 6) is 1.63. The van der Waals surface area contributed by atoms with Gasteiger partial charge in [-0.2, -0.15) is 5.10 Å². The summed E-state index contributed by atoms with van der Waals surface area (Å²) in [5, 5.41) is 16.8. The van der Waals surface area contributed by atoms with Gasteiger partial charge < -0.3 is 9.84 Å². The summed E-state index contributed by atoms with van der Waals surface area (Å²) in [6, 6.07) is 16.9.